The van der Waals surface area contributed by atoms with Crippen molar-refractivity contribution in [2.45, 2.75) is 39.5 Å². The first-order valence-electron chi connectivity index (χ1n) is 4.92. The summed E-state index contributed by atoms with van der Waals surface area (Å²) < 4.78 is 10.1. The van der Waals surface area contributed by atoms with Crippen LogP contribution in [-0.4, -0.2) is 21.8 Å². The molecule has 90 valence electrons. The molecule has 0 spiro atoms. The Morgan fingerprint density at radius 2 is 2.31 bits per heavy atom. The van der Waals surface area contributed by atoms with Gasteiger partial charge in [-0.05, 0) is 20.8 Å². The van der Waals surface area contributed by atoms with E-state index in [4.69, 9.17) is 14.3 Å². The lowest BCUT2D eigenvalue weighted by atomic mass is 10.2. The van der Waals surface area contributed by atoms with Crippen molar-refractivity contribution in [1.82, 2.24) is 10.3 Å². The number of nitrogens with zero attached hydrogens (tertiary/aromatic N) is 1. The van der Waals surface area contributed by atoms with Gasteiger partial charge in [0.25, 0.3) is 0 Å². The van der Waals surface area contributed by atoms with Crippen molar-refractivity contribution in [2.24, 2.45) is 0 Å². The number of ether oxygens (including phenoxy) is 1. The Hall–Kier alpha value is -1.56. The average molecular weight is 228 g/mol. The third-order valence-corrected chi connectivity index (χ3v) is 1.54. The zero-order chi connectivity index (χ0) is 12.2. The zero-order valence-electron chi connectivity index (χ0n) is 9.61. The van der Waals surface area contributed by atoms with E-state index < -0.39 is 11.7 Å². The lowest BCUT2D eigenvalue weighted by molar-refractivity contribution is 0.0518. The fourth-order valence-electron chi connectivity index (χ4n) is 0.965. The Balaban J connectivity index is 2.37. The lowest BCUT2D eigenvalue weighted by Gasteiger charge is -2.19. The summed E-state index contributed by atoms with van der Waals surface area (Å²) in [7, 11) is 0. The van der Waals surface area contributed by atoms with E-state index in [9.17, 15) is 4.79 Å². The molecule has 0 atom stereocenters. The number of alkyl carbamates (subject to hydrolysis) is 1. The predicted octanol–water partition coefficient (Wildman–Crippen LogP) is 1.19. The van der Waals surface area contributed by atoms with Crippen LogP contribution in [0.25, 0.3) is 0 Å². The minimum absolute atomic E-state index is 0.134. The number of carbonyl (C=O) groups excluding carboxylic acids is 1. The number of aliphatic hydroxyl groups excluding tert-OH is 1. The molecule has 0 bridgehead atoms. The van der Waals surface area contributed by atoms with Crippen LogP contribution in [0.1, 0.15) is 32.4 Å². The van der Waals surface area contributed by atoms with Crippen molar-refractivity contribution < 1.29 is 19.1 Å². The molecule has 0 aliphatic heterocycles. The number of carbonyl (C=O) groups is 1. The number of nitrogens with one attached hydrogen (secondary N) is 1. The minimum Gasteiger partial charge on any atom is -0.444 e. The molecule has 1 amide bonds. The van der Waals surface area contributed by atoms with Gasteiger partial charge in [-0.3, -0.25) is 0 Å². The molecule has 0 radical (unpaired) electrons. The number of hydrogen-bond acceptors (Lipinski definition) is 5. The summed E-state index contributed by atoms with van der Waals surface area (Å²) in [6, 6.07) is 0. The molecule has 16 heavy (non-hydrogen) atoms. The van der Waals surface area contributed by atoms with Gasteiger partial charge in [-0.2, -0.15) is 0 Å². The first-order chi connectivity index (χ1) is 7.40. The molecule has 2 N–H and O–H groups in total. The van der Waals surface area contributed by atoms with E-state index in [-0.39, 0.29) is 13.2 Å². The maximum atomic E-state index is 11.3. The molecule has 0 aliphatic rings. The molecule has 0 saturated heterocycles. The summed E-state index contributed by atoms with van der Waals surface area (Å²) in [5.74, 6) is 0.691. The van der Waals surface area contributed by atoms with Gasteiger partial charge in [0.15, 0.2) is 0 Å². The summed E-state index contributed by atoms with van der Waals surface area (Å²) >= 11 is 0. The van der Waals surface area contributed by atoms with E-state index >= 15 is 0 Å². The Morgan fingerprint density at radius 1 is 1.62 bits per heavy atom. The fraction of sp³-hybridized carbons (Fsp3) is 0.600. The van der Waals surface area contributed by atoms with Crippen LogP contribution in [0.2, 0.25) is 0 Å². The second kappa shape index (κ2) is 4.98. The highest BCUT2D eigenvalue weighted by atomic mass is 16.6. The number of hydrogen-bond donors (Lipinski definition) is 2. The van der Waals surface area contributed by atoms with Gasteiger partial charge in [0.1, 0.15) is 18.0 Å². The molecule has 0 aliphatic carbocycles. The summed E-state index contributed by atoms with van der Waals surface area (Å²) in [5.41, 5.74) is -0.531. The average Bonchev–Trinajstić information content (AvgIpc) is 2.59. The van der Waals surface area contributed by atoms with Crippen LogP contribution in [0.4, 0.5) is 4.79 Å². The molecule has 6 nitrogen and oxygen atoms in total. The molecule has 1 rings (SSSR count). The topological polar surface area (TPSA) is 84.6 Å². The van der Waals surface area contributed by atoms with Gasteiger partial charge in [0.2, 0.25) is 5.89 Å². The van der Waals surface area contributed by atoms with Crippen LogP contribution < -0.4 is 5.32 Å². The van der Waals surface area contributed by atoms with Gasteiger partial charge >= 0.3 is 6.09 Å². The quantitative estimate of drug-likeness (QED) is 0.811. The van der Waals surface area contributed by atoms with Gasteiger partial charge in [-0.15, -0.1) is 0 Å². The summed E-state index contributed by atoms with van der Waals surface area (Å²) in [6.45, 7) is 5.26. The Kier molecular flexibility index (Phi) is 3.89. The van der Waals surface area contributed by atoms with Crippen molar-refractivity contribution in [2.75, 3.05) is 0 Å². The van der Waals surface area contributed by atoms with E-state index in [0.29, 0.717) is 11.7 Å². The van der Waals surface area contributed by atoms with Gasteiger partial charge < -0.3 is 19.6 Å². The van der Waals surface area contributed by atoms with Gasteiger partial charge in [-0.1, -0.05) is 0 Å². The molecule has 0 aromatic carbocycles. The van der Waals surface area contributed by atoms with Crippen LogP contribution in [0, 0.1) is 0 Å². The van der Waals surface area contributed by atoms with E-state index in [2.05, 4.69) is 10.3 Å². The van der Waals surface area contributed by atoms with Crippen LogP contribution in [-0.2, 0) is 17.9 Å². The molecule has 1 aromatic heterocycles. The van der Waals surface area contributed by atoms with E-state index in [1.165, 1.54) is 6.20 Å². The number of amides is 1. The van der Waals surface area contributed by atoms with Crippen molar-refractivity contribution in [1.29, 1.82) is 0 Å². The SMILES string of the molecule is CC(C)(C)OC(=O)NCc1ncc(CO)o1. The highest BCUT2D eigenvalue weighted by Gasteiger charge is 2.16. The van der Waals surface area contributed by atoms with E-state index in [0.717, 1.165) is 0 Å². The molecule has 1 aromatic rings. The molecule has 0 unspecified atom stereocenters. The predicted molar refractivity (Wildman–Crippen MR) is 55.5 cm³/mol. The van der Waals surface area contributed by atoms with Gasteiger partial charge in [0.05, 0.1) is 12.7 Å². The molecule has 0 saturated carbocycles. The number of aliphatic hydroxyl groups is 1. The first kappa shape index (κ1) is 12.5. The van der Waals surface area contributed by atoms with Crippen LogP contribution >= 0.6 is 0 Å². The fourth-order valence-corrected chi connectivity index (χ4v) is 0.965. The second-order valence-corrected chi connectivity index (χ2v) is 4.23. The minimum atomic E-state index is -0.531. The summed E-state index contributed by atoms with van der Waals surface area (Å²) in [5, 5.41) is 11.2. The second-order valence-electron chi connectivity index (χ2n) is 4.23. The van der Waals surface area contributed by atoms with Crippen LogP contribution in [0.15, 0.2) is 10.6 Å². The molecule has 0 fully saturated rings. The van der Waals surface area contributed by atoms with Crippen LogP contribution in [0.5, 0.6) is 0 Å². The smallest absolute Gasteiger partial charge is 0.408 e. The Labute approximate surface area is 93.6 Å². The van der Waals surface area contributed by atoms with Crippen molar-refractivity contribution in [3.8, 4) is 0 Å². The maximum Gasteiger partial charge on any atom is 0.408 e. The Morgan fingerprint density at radius 3 is 2.81 bits per heavy atom. The third-order valence-electron chi connectivity index (χ3n) is 1.54. The number of rotatable bonds is 3. The highest BCUT2D eigenvalue weighted by Crippen LogP contribution is 2.07. The summed E-state index contributed by atoms with van der Waals surface area (Å²) in [4.78, 5) is 15.1. The monoisotopic (exact) mass is 228 g/mol. The largest absolute Gasteiger partial charge is 0.444 e. The lowest BCUT2D eigenvalue weighted by Crippen LogP contribution is -2.32. The number of aromatic nitrogens is 1. The van der Waals surface area contributed by atoms with Gasteiger partial charge in [0, 0.05) is 0 Å². The highest BCUT2D eigenvalue weighted by molar-refractivity contribution is 5.67. The number of oxazole rings is 1. The van der Waals surface area contributed by atoms with Gasteiger partial charge in [-0.25, -0.2) is 9.78 Å². The maximum absolute atomic E-state index is 11.3. The van der Waals surface area contributed by atoms with E-state index in [1.807, 2.05) is 0 Å². The molecular weight excluding hydrogens is 212 g/mol. The normalized spacial score (nSPS) is 11.2. The van der Waals surface area contributed by atoms with Crippen molar-refractivity contribution >= 4 is 6.09 Å². The Bertz CT molecular complexity index is 354. The standard InChI is InChI=1S/C10H16N2O4/c1-10(2,3)16-9(14)12-5-8-11-4-7(6-13)15-8/h4,13H,5-6H2,1-3H3,(H,12,14). The third kappa shape index (κ3) is 4.31. The van der Waals surface area contributed by atoms with Crippen molar-refractivity contribution in [3.63, 3.8) is 0 Å². The van der Waals surface area contributed by atoms with E-state index in [1.54, 1.807) is 20.8 Å². The molecule has 1 heterocycles. The molecule has 6 heteroatoms. The summed E-state index contributed by atoms with van der Waals surface area (Å²) in [6.07, 6.45) is 0.878. The van der Waals surface area contributed by atoms with Crippen molar-refractivity contribution in [3.05, 3.63) is 17.8 Å². The van der Waals surface area contributed by atoms with Crippen LogP contribution in [0.3, 0.4) is 0 Å². The zero-order valence-corrected chi connectivity index (χ0v) is 9.61. The first-order valence-corrected chi connectivity index (χ1v) is 4.92. The molecular formula is C10H16N2O4.